The number of halogens is 1. The molecule has 0 radical (unpaired) electrons. The zero-order chi connectivity index (χ0) is 11.3. The number of nitrogens with one attached hydrogen (secondary N) is 1. The fourth-order valence-electron chi connectivity index (χ4n) is 1.13. The monoisotopic (exact) mass is 227 g/mol. The standard InChI is InChI=1S/C12H18FNS/c1-12(2,3)14-8-9-15-11-6-4-10(13)5-7-11/h4-7,14H,8-9H2,1-3H3. The van der Waals surface area contributed by atoms with E-state index in [9.17, 15) is 4.39 Å². The van der Waals surface area contributed by atoms with Crippen molar-refractivity contribution < 1.29 is 4.39 Å². The molecule has 0 aromatic heterocycles. The van der Waals surface area contributed by atoms with Crippen molar-refractivity contribution >= 4 is 11.8 Å². The summed E-state index contributed by atoms with van der Waals surface area (Å²) in [5.74, 6) is 0.829. The SMILES string of the molecule is CC(C)(C)NCCSc1ccc(F)cc1. The fraction of sp³-hybridized carbons (Fsp3) is 0.500. The van der Waals surface area contributed by atoms with Gasteiger partial charge in [-0.2, -0.15) is 0 Å². The molecule has 0 saturated heterocycles. The molecule has 0 fully saturated rings. The number of benzene rings is 1. The lowest BCUT2D eigenvalue weighted by atomic mass is 10.1. The quantitative estimate of drug-likeness (QED) is 0.625. The van der Waals surface area contributed by atoms with Crippen LogP contribution in [0.2, 0.25) is 0 Å². The summed E-state index contributed by atoms with van der Waals surface area (Å²) in [6.45, 7) is 7.41. The van der Waals surface area contributed by atoms with Crippen molar-refractivity contribution in [3.05, 3.63) is 30.1 Å². The second kappa shape index (κ2) is 5.52. The lowest BCUT2D eigenvalue weighted by molar-refractivity contribution is 0.441. The average Bonchev–Trinajstić information content (AvgIpc) is 2.14. The van der Waals surface area contributed by atoms with E-state index in [2.05, 4.69) is 26.1 Å². The fourth-order valence-corrected chi connectivity index (χ4v) is 1.89. The molecule has 1 aromatic rings. The van der Waals surface area contributed by atoms with Crippen LogP contribution < -0.4 is 5.32 Å². The first kappa shape index (κ1) is 12.5. The first-order valence-electron chi connectivity index (χ1n) is 5.11. The molecule has 3 heteroatoms. The molecule has 0 atom stereocenters. The van der Waals surface area contributed by atoms with E-state index >= 15 is 0 Å². The highest BCUT2D eigenvalue weighted by atomic mass is 32.2. The smallest absolute Gasteiger partial charge is 0.123 e. The topological polar surface area (TPSA) is 12.0 Å². The van der Waals surface area contributed by atoms with Crippen molar-refractivity contribution in [2.24, 2.45) is 0 Å². The van der Waals surface area contributed by atoms with Gasteiger partial charge >= 0.3 is 0 Å². The maximum Gasteiger partial charge on any atom is 0.123 e. The van der Waals surface area contributed by atoms with Gasteiger partial charge < -0.3 is 5.32 Å². The Morgan fingerprint density at radius 2 is 1.80 bits per heavy atom. The predicted molar refractivity (Wildman–Crippen MR) is 64.9 cm³/mol. The Bertz CT molecular complexity index is 289. The summed E-state index contributed by atoms with van der Waals surface area (Å²) in [5.41, 5.74) is 0.170. The molecule has 1 rings (SSSR count). The molecule has 0 aliphatic rings. The van der Waals surface area contributed by atoms with Gasteiger partial charge in [0.2, 0.25) is 0 Å². The van der Waals surface area contributed by atoms with Gasteiger partial charge in [-0.3, -0.25) is 0 Å². The second-order valence-electron chi connectivity index (χ2n) is 4.48. The van der Waals surface area contributed by atoms with Crippen molar-refractivity contribution in [1.29, 1.82) is 0 Å². The molecule has 0 bridgehead atoms. The Balaban J connectivity index is 2.23. The third kappa shape index (κ3) is 5.80. The first-order chi connectivity index (χ1) is 6.97. The summed E-state index contributed by atoms with van der Waals surface area (Å²) < 4.78 is 12.6. The Morgan fingerprint density at radius 3 is 2.33 bits per heavy atom. The summed E-state index contributed by atoms with van der Waals surface area (Å²) in [4.78, 5) is 1.12. The van der Waals surface area contributed by atoms with Gasteiger partial charge in [0.05, 0.1) is 0 Å². The number of hydrogen-bond donors (Lipinski definition) is 1. The van der Waals surface area contributed by atoms with E-state index in [1.54, 1.807) is 11.8 Å². The van der Waals surface area contributed by atoms with E-state index < -0.39 is 0 Å². The molecule has 0 aliphatic heterocycles. The zero-order valence-electron chi connectivity index (χ0n) is 9.51. The summed E-state index contributed by atoms with van der Waals surface area (Å²) in [6.07, 6.45) is 0. The lowest BCUT2D eigenvalue weighted by Crippen LogP contribution is -2.37. The second-order valence-corrected chi connectivity index (χ2v) is 5.65. The van der Waals surface area contributed by atoms with Crippen molar-refractivity contribution in [2.75, 3.05) is 12.3 Å². The predicted octanol–water partition coefficient (Wildman–Crippen LogP) is 3.31. The van der Waals surface area contributed by atoms with E-state index in [1.165, 1.54) is 12.1 Å². The minimum absolute atomic E-state index is 0.170. The van der Waals surface area contributed by atoms with E-state index in [0.717, 1.165) is 17.2 Å². The molecule has 15 heavy (non-hydrogen) atoms. The molecule has 1 N–H and O–H groups in total. The van der Waals surface area contributed by atoms with Gasteiger partial charge in [0.15, 0.2) is 0 Å². The van der Waals surface area contributed by atoms with Crippen LogP contribution in [0.1, 0.15) is 20.8 Å². The van der Waals surface area contributed by atoms with Gasteiger partial charge in [-0.25, -0.2) is 4.39 Å². The number of hydrogen-bond acceptors (Lipinski definition) is 2. The Labute approximate surface area is 95.5 Å². The maximum absolute atomic E-state index is 12.6. The largest absolute Gasteiger partial charge is 0.311 e. The lowest BCUT2D eigenvalue weighted by Gasteiger charge is -2.20. The first-order valence-corrected chi connectivity index (χ1v) is 6.09. The maximum atomic E-state index is 12.6. The van der Waals surface area contributed by atoms with Crippen molar-refractivity contribution in [1.82, 2.24) is 5.32 Å². The van der Waals surface area contributed by atoms with E-state index in [4.69, 9.17) is 0 Å². The highest BCUT2D eigenvalue weighted by Crippen LogP contribution is 2.17. The van der Waals surface area contributed by atoms with Crippen molar-refractivity contribution in [2.45, 2.75) is 31.2 Å². The third-order valence-corrected chi connectivity index (χ3v) is 2.85. The van der Waals surface area contributed by atoms with E-state index in [0.29, 0.717) is 0 Å². The van der Waals surface area contributed by atoms with Gasteiger partial charge in [-0.05, 0) is 45.0 Å². The molecule has 0 saturated carbocycles. The van der Waals surface area contributed by atoms with Crippen LogP contribution in [0.5, 0.6) is 0 Å². The number of thioether (sulfide) groups is 1. The molecule has 0 spiro atoms. The average molecular weight is 227 g/mol. The summed E-state index contributed by atoms with van der Waals surface area (Å²) in [5, 5.41) is 3.41. The van der Waals surface area contributed by atoms with Gasteiger partial charge in [-0.15, -0.1) is 11.8 Å². The summed E-state index contributed by atoms with van der Waals surface area (Å²) in [6, 6.07) is 6.63. The summed E-state index contributed by atoms with van der Waals surface area (Å²) >= 11 is 1.74. The van der Waals surface area contributed by atoms with Crippen LogP contribution in [0.15, 0.2) is 29.2 Å². The van der Waals surface area contributed by atoms with E-state index in [1.807, 2.05) is 12.1 Å². The van der Waals surface area contributed by atoms with Crippen molar-refractivity contribution in [3.8, 4) is 0 Å². The third-order valence-electron chi connectivity index (χ3n) is 1.84. The normalized spacial score (nSPS) is 11.7. The highest BCUT2D eigenvalue weighted by molar-refractivity contribution is 7.99. The molecule has 1 aromatic carbocycles. The van der Waals surface area contributed by atoms with Crippen LogP contribution in [0.4, 0.5) is 4.39 Å². The van der Waals surface area contributed by atoms with Gasteiger partial charge in [0, 0.05) is 22.7 Å². The van der Waals surface area contributed by atoms with E-state index in [-0.39, 0.29) is 11.4 Å². The van der Waals surface area contributed by atoms with Crippen LogP contribution in [-0.2, 0) is 0 Å². The molecule has 0 aliphatic carbocycles. The zero-order valence-corrected chi connectivity index (χ0v) is 10.3. The Kier molecular flexibility index (Phi) is 4.61. The highest BCUT2D eigenvalue weighted by Gasteiger charge is 2.07. The molecule has 1 nitrogen and oxygen atoms in total. The summed E-state index contributed by atoms with van der Waals surface area (Å²) in [7, 11) is 0. The Hall–Kier alpha value is -0.540. The van der Waals surface area contributed by atoms with Crippen LogP contribution in [0.3, 0.4) is 0 Å². The van der Waals surface area contributed by atoms with Crippen molar-refractivity contribution in [3.63, 3.8) is 0 Å². The molecular weight excluding hydrogens is 209 g/mol. The molecule has 84 valence electrons. The van der Waals surface area contributed by atoms with Gasteiger partial charge in [-0.1, -0.05) is 0 Å². The van der Waals surface area contributed by atoms with Crippen LogP contribution >= 0.6 is 11.8 Å². The number of rotatable bonds is 4. The van der Waals surface area contributed by atoms with Crippen LogP contribution in [-0.4, -0.2) is 17.8 Å². The van der Waals surface area contributed by atoms with Gasteiger partial charge in [0.1, 0.15) is 5.82 Å². The molecule has 0 unspecified atom stereocenters. The minimum Gasteiger partial charge on any atom is -0.311 e. The minimum atomic E-state index is -0.174. The van der Waals surface area contributed by atoms with Gasteiger partial charge in [0.25, 0.3) is 0 Å². The van der Waals surface area contributed by atoms with Crippen LogP contribution in [0.25, 0.3) is 0 Å². The molecule has 0 amide bonds. The van der Waals surface area contributed by atoms with Crippen LogP contribution in [0, 0.1) is 5.82 Å². The molecular formula is C12H18FNS. The molecule has 0 heterocycles. The Morgan fingerprint density at radius 1 is 1.20 bits per heavy atom.